The van der Waals surface area contributed by atoms with Gasteiger partial charge in [-0.3, -0.25) is 19.4 Å². The van der Waals surface area contributed by atoms with E-state index < -0.39 is 5.91 Å². The van der Waals surface area contributed by atoms with Gasteiger partial charge in [-0.15, -0.1) is 11.3 Å². The number of unbranched alkanes of at least 4 members (excludes halogenated alkanes) is 1. The molecule has 1 fully saturated rings. The number of hydrogen-bond acceptors (Lipinski definition) is 6. The third kappa shape index (κ3) is 6.19. The first-order chi connectivity index (χ1) is 17.9. The molecule has 0 unspecified atom stereocenters. The number of amides is 2. The van der Waals surface area contributed by atoms with Crippen LogP contribution in [0.25, 0.3) is 11.3 Å². The summed E-state index contributed by atoms with van der Waals surface area (Å²) in [7, 11) is 1.67. The Balaban J connectivity index is 1.68. The summed E-state index contributed by atoms with van der Waals surface area (Å²) in [6, 6.07) is 13.1. The van der Waals surface area contributed by atoms with E-state index in [0.717, 1.165) is 62.2 Å². The van der Waals surface area contributed by atoms with Crippen LogP contribution in [0.1, 0.15) is 65.8 Å². The largest absolute Gasteiger partial charge is 0.496 e. The first-order valence-corrected chi connectivity index (χ1v) is 13.9. The summed E-state index contributed by atoms with van der Waals surface area (Å²) in [5.74, 6) is 0.119. The Morgan fingerprint density at radius 1 is 1.16 bits per heavy atom. The summed E-state index contributed by atoms with van der Waals surface area (Å²) in [5.41, 5.74) is 9.26. The molecule has 1 aliphatic rings. The van der Waals surface area contributed by atoms with Gasteiger partial charge in [-0.25, -0.2) is 4.98 Å². The molecule has 1 atom stereocenters. The number of carbonyl (C=O) groups is 2. The predicted octanol–water partition coefficient (Wildman–Crippen LogP) is 5.39. The topological polar surface area (TPSA) is 88.8 Å². The number of ether oxygens (including phenoxy) is 1. The van der Waals surface area contributed by atoms with Crippen LogP contribution in [0, 0.1) is 0 Å². The molecule has 1 saturated heterocycles. The van der Waals surface area contributed by atoms with E-state index in [1.165, 1.54) is 16.9 Å². The highest BCUT2D eigenvalue weighted by Crippen LogP contribution is 2.35. The number of rotatable bonds is 11. The van der Waals surface area contributed by atoms with Gasteiger partial charge in [-0.2, -0.15) is 0 Å². The van der Waals surface area contributed by atoms with Crippen LogP contribution >= 0.6 is 11.3 Å². The molecule has 2 heterocycles. The quantitative estimate of drug-likeness (QED) is 0.366. The lowest BCUT2D eigenvalue weighted by Gasteiger charge is -2.29. The average Bonchev–Trinajstić information content (AvgIpc) is 3.59. The second-order valence-electron chi connectivity index (χ2n) is 9.44. The number of hydrogen-bond donors (Lipinski definition) is 1. The van der Waals surface area contributed by atoms with Gasteiger partial charge in [0.15, 0.2) is 5.13 Å². The highest BCUT2D eigenvalue weighted by atomic mass is 32.1. The van der Waals surface area contributed by atoms with Crippen molar-refractivity contribution in [3.05, 3.63) is 64.5 Å². The fraction of sp³-hybridized carbons (Fsp3) is 0.414. The first-order valence-electron chi connectivity index (χ1n) is 13.0. The lowest BCUT2D eigenvalue weighted by atomic mass is 10.0. The molecule has 0 radical (unpaired) electrons. The van der Waals surface area contributed by atoms with Crippen molar-refractivity contribution in [3.63, 3.8) is 0 Å². The molecule has 1 aromatic heterocycles. The molecular weight excluding hydrogens is 484 g/mol. The number of benzene rings is 2. The zero-order valence-electron chi connectivity index (χ0n) is 21.9. The van der Waals surface area contributed by atoms with Crippen molar-refractivity contribution in [1.82, 2.24) is 9.88 Å². The van der Waals surface area contributed by atoms with E-state index in [0.29, 0.717) is 22.8 Å². The summed E-state index contributed by atoms with van der Waals surface area (Å²) in [4.78, 5) is 34.5. The number of nitrogens with zero attached hydrogens (tertiary/aromatic N) is 3. The fourth-order valence-electron chi connectivity index (χ4n) is 4.91. The maximum atomic E-state index is 13.8. The van der Waals surface area contributed by atoms with E-state index in [1.807, 2.05) is 11.4 Å². The van der Waals surface area contributed by atoms with Gasteiger partial charge >= 0.3 is 0 Å². The van der Waals surface area contributed by atoms with Crippen molar-refractivity contribution in [2.24, 2.45) is 5.73 Å². The second-order valence-corrected chi connectivity index (χ2v) is 10.3. The fourth-order valence-corrected chi connectivity index (χ4v) is 5.75. The summed E-state index contributed by atoms with van der Waals surface area (Å²) < 4.78 is 5.65. The summed E-state index contributed by atoms with van der Waals surface area (Å²) >= 11 is 1.46. The average molecular weight is 521 g/mol. The molecule has 4 rings (SSSR count). The molecule has 2 amide bonds. The minimum atomic E-state index is -0.514. The number of nitrogens with two attached hydrogens (primary N) is 1. The number of aryl methyl sites for hydroxylation is 1. The second kappa shape index (κ2) is 12.3. The Morgan fingerprint density at radius 2 is 1.92 bits per heavy atom. The van der Waals surface area contributed by atoms with Crippen LogP contribution in [-0.2, 0) is 6.42 Å². The Labute approximate surface area is 223 Å². The molecule has 196 valence electrons. The number of methoxy groups -OCH3 is 1. The van der Waals surface area contributed by atoms with Crippen LogP contribution in [0.15, 0.2) is 47.8 Å². The molecule has 7 nitrogen and oxygen atoms in total. The normalized spacial score (nSPS) is 15.6. The zero-order chi connectivity index (χ0) is 26.4. The van der Waals surface area contributed by atoms with Gasteiger partial charge < -0.3 is 10.5 Å². The smallest absolute Gasteiger partial charge is 0.260 e. The summed E-state index contributed by atoms with van der Waals surface area (Å²) in [6.07, 6.45) is 5.43. The van der Waals surface area contributed by atoms with E-state index in [1.54, 1.807) is 36.3 Å². The Kier molecular flexibility index (Phi) is 8.95. The number of likely N-dealkylation sites (tertiary alicyclic amines) is 1. The number of thiazole rings is 1. The Morgan fingerprint density at radius 3 is 2.59 bits per heavy atom. The standard InChI is InChI=1S/C29H36N4O3S/c1-4-6-8-20-10-15-26(36-3)24(17-20)25-19-37-29(31-25)33(18-23-9-7-16-32(23)5-2)28(35)22-13-11-21(12-14-22)27(30)34/h10-15,17,19,23H,4-9,16,18H2,1-3H3,(H2,30,34)/t23-/m0/s1. The molecule has 3 aromatic rings. The van der Waals surface area contributed by atoms with Crippen molar-refractivity contribution in [2.75, 3.05) is 31.6 Å². The van der Waals surface area contributed by atoms with Crippen molar-refractivity contribution in [2.45, 2.75) is 52.0 Å². The number of likely N-dealkylation sites (N-methyl/N-ethyl adjacent to an activating group) is 1. The molecule has 0 aliphatic carbocycles. The molecule has 0 saturated carbocycles. The molecule has 0 bridgehead atoms. The van der Waals surface area contributed by atoms with Gasteiger partial charge in [0.05, 0.1) is 12.8 Å². The first kappa shape index (κ1) is 26.8. The van der Waals surface area contributed by atoms with Gasteiger partial charge in [-0.05, 0) is 80.7 Å². The lowest BCUT2D eigenvalue weighted by Crippen LogP contribution is -2.43. The van der Waals surface area contributed by atoms with Gasteiger partial charge in [0.2, 0.25) is 5.91 Å². The SMILES string of the molecule is CCCCc1ccc(OC)c(-c2csc(N(C[C@@H]3CCCN3CC)C(=O)c3ccc(C(N)=O)cc3)n2)c1. The third-order valence-corrected chi connectivity index (χ3v) is 7.91. The van der Waals surface area contributed by atoms with E-state index in [2.05, 4.69) is 30.9 Å². The van der Waals surface area contributed by atoms with Gasteiger partial charge in [0, 0.05) is 34.7 Å². The van der Waals surface area contributed by atoms with Crippen molar-refractivity contribution >= 4 is 28.3 Å². The maximum Gasteiger partial charge on any atom is 0.260 e. The summed E-state index contributed by atoms with van der Waals surface area (Å²) in [6.45, 7) is 6.90. The zero-order valence-corrected chi connectivity index (χ0v) is 22.7. The molecule has 1 aliphatic heterocycles. The van der Waals surface area contributed by atoms with Crippen molar-refractivity contribution < 1.29 is 14.3 Å². The highest BCUT2D eigenvalue weighted by Gasteiger charge is 2.30. The van der Waals surface area contributed by atoms with E-state index in [-0.39, 0.29) is 11.9 Å². The minimum Gasteiger partial charge on any atom is -0.496 e. The van der Waals surface area contributed by atoms with Crippen molar-refractivity contribution in [1.29, 1.82) is 0 Å². The van der Waals surface area contributed by atoms with Crippen LogP contribution in [-0.4, -0.2) is 54.5 Å². The van der Waals surface area contributed by atoms with Gasteiger partial charge in [0.25, 0.3) is 5.91 Å². The van der Waals surface area contributed by atoms with Gasteiger partial charge in [0.1, 0.15) is 5.75 Å². The van der Waals surface area contributed by atoms with Crippen LogP contribution in [0.2, 0.25) is 0 Å². The van der Waals surface area contributed by atoms with Crippen LogP contribution in [0.4, 0.5) is 5.13 Å². The highest BCUT2D eigenvalue weighted by molar-refractivity contribution is 7.14. The number of aromatic nitrogens is 1. The van der Waals surface area contributed by atoms with Crippen LogP contribution in [0.3, 0.4) is 0 Å². The minimum absolute atomic E-state index is 0.136. The lowest BCUT2D eigenvalue weighted by molar-refractivity contribution is 0.0974. The van der Waals surface area contributed by atoms with E-state index >= 15 is 0 Å². The molecule has 0 spiro atoms. The molecule has 2 N–H and O–H groups in total. The molecule has 37 heavy (non-hydrogen) atoms. The number of primary amides is 1. The molecule has 2 aromatic carbocycles. The van der Waals surface area contributed by atoms with Crippen molar-refractivity contribution in [3.8, 4) is 17.0 Å². The van der Waals surface area contributed by atoms with E-state index in [9.17, 15) is 9.59 Å². The molecular formula is C29H36N4O3S. The molecule has 8 heteroatoms. The van der Waals surface area contributed by atoms with Crippen LogP contribution < -0.4 is 15.4 Å². The van der Waals surface area contributed by atoms with Gasteiger partial charge in [-0.1, -0.05) is 26.3 Å². The monoisotopic (exact) mass is 520 g/mol. The van der Waals surface area contributed by atoms with Crippen LogP contribution in [0.5, 0.6) is 5.75 Å². The third-order valence-electron chi connectivity index (χ3n) is 7.04. The number of carbonyl (C=O) groups excluding carboxylic acids is 2. The number of anilines is 1. The summed E-state index contributed by atoms with van der Waals surface area (Å²) in [5, 5.41) is 2.66. The maximum absolute atomic E-state index is 13.8. The predicted molar refractivity (Wildman–Crippen MR) is 150 cm³/mol. The van der Waals surface area contributed by atoms with E-state index in [4.69, 9.17) is 15.5 Å². The Hall–Kier alpha value is -3.23. The Bertz CT molecular complexity index is 1220.